The first kappa shape index (κ1) is 14.8. The van der Waals surface area contributed by atoms with Gasteiger partial charge in [-0.05, 0) is 37.8 Å². The standard InChI is InChI=1S/C15H21ClFNO/c1-8-9(2)19-10(3)14(8)13(18)7-11-5-4-6-12(17)15(11)16/h4-6,8-10,13-14H,7,18H2,1-3H3. The van der Waals surface area contributed by atoms with Crippen LogP contribution in [-0.4, -0.2) is 18.2 Å². The van der Waals surface area contributed by atoms with E-state index in [4.69, 9.17) is 22.1 Å². The number of halogens is 2. The van der Waals surface area contributed by atoms with E-state index in [1.165, 1.54) is 6.07 Å². The van der Waals surface area contributed by atoms with Crippen LogP contribution in [0, 0.1) is 17.7 Å². The lowest BCUT2D eigenvalue weighted by Crippen LogP contribution is -2.39. The third-order valence-electron chi connectivity index (χ3n) is 4.30. The van der Waals surface area contributed by atoms with Gasteiger partial charge in [0, 0.05) is 12.0 Å². The van der Waals surface area contributed by atoms with Crippen LogP contribution in [0.4, 0.5) is 4.39 Å². The molecule has 1 saturated heterocycles. The number of rotatable bonds is 3. The highest BCUT2D eigenvalue weighted by atomic mass is 35.5. The molecule has 4 heteroatoms. The molecule has 0 aromatic heterocycles. The van der Waals surface area contributed by atoms with Gasteiger partial charge >= 0.3 is 0 Å². The zero-order valence-electron chi connectivity index (χ0n) is 11.6. The quantitative estimate of drug-likeness (QED) is 0.924. The average molecular weight is 286 g/mol. The molecule has 1 aliphatic rings. The van der Waals surface area contributed by atoms with Crippen LogP contribution in [0.1, 0.15) is 26.3 Å². The first-order valence-electron chi connectivity index (χ1n) is 6.75. The second kappa shape index (κ2) is 5.78. The molecular formula is C15H21ClFNO. The van der Waals surface area contributed by atoms with Gasteiger partial charge in [-0.2, -0.15) is 0 Å². The second-order valence-electron chi connectivity index (χ2n) is 5.56. The van der Waals surface area contributed by atoms with Crippen molar-refractivity contribution in [1.82, 2.24) is 0 Å². The molecule has 0 saturated carbocycles. The maximum Gasteiger partial charge on any atom is 0.142 e. The van der Waals surface area contributed by atoms with Crippen molar-refractivity contribution in [2.45, 2.75) is 45.4 Å². The van der Waals surface area contributed by atoms with Crippen LogP contribution in [-0.2, 0) is 11.2 Å². The Bertz CT molecular complexity index is 454. The predicted octanol–water partition coefficient (Wildman–Crippen LogP) is 3.41. The van der Waals surface area contributed by atoms with Gasteiger partial charge in [0.1, 0.15) is 5.82 Å². The fourth-order valence-corrected chi connectivity index (χ4v) is 3.33. The van der Waals surface area contributed by atoms with E-state index < -0.39 is 0 Å². The van der Waals surface area contributed by atoms with Crippen molar-refractivity contribution in [2.75, 3.05) is 0 Å². The third kappa shape index (κ3) is 2.93. The van der Waals surface area contributed by atoms with Gasteiger partial charge in [-0.1, -0.05) is 30.7 Å². The van der Waals surface area contributed by atoms with E-state index in [2.05, 4.69) is 20.8 Å². The van der Waals surface area contributed by atoms with Crippen LogP contribution >= 0.6 is 11.6 Å². The Kier molecular flexibility index (Phi) is 4.49. The molecule has 1 heterocycles. The Labute approximate surface area is 119 Å². The minimum absolute atomic E-state index is 0.0748. The summed E-state index contributed by atoms with van der Waals surface area (Å²) in [5.41, 5.74) is 7.08. The fraction of sp³-hybridized carbons (Fsp3) is 0.600. The van der Waals surface area contributed by atoms with Crippen molar-refractivity contribution in [3.05, 3.63) is 34.6 Å². The van der Waals surface area contributed by atoms with Gasteiger partial charge in [-0.15, -0.1) is 0 Å². The van der Waals surface area contributed by atoms with E-state index in [1.54, 1.807) is 6.07 Å². The summed E-state index contributed by atoms with van der Waals surface area (Å²) in [6.45, 7) is 6.28. The fourth-order valence-electron chi connectivity index (χ4n) is 3.13. The minimum Gasteiger partial charge on any atom is -0.375 e. The van der Waals surface area contributed by atoms with Gasteiger partial charge < -0.3 is 10.5 Å². The Balaban J connectivity index is 2.13. The molecule has 2 N–H and O–H groups in total. The summed E-state index contributed by atoms with van der Waals surface area (Å²) in [5, 5.41) is 0.185. The second-order valence-corrected chi connectivity index (χ2v) is 5.94. The molecule has 0 bridgehead atoms. The summed E-state index contributed by atoms with van der Waals surface area (Å²) in [7, 11) is 0. The Morgan fingerprint density at radius 3 is 2.58 bits per heavy atom. The molecule has 1 aliphatic heterocycles. The normalized spacial score (nSPS) is 32.5. The van der Waals surface area contributed by atoms with Gasteiger partial charge in [-0.25, -0.2) is 4.39 Å². The Hall–Kier alpha value is -0.640. The number of benzene rings is 1. The molecule has 1 fully saturated rings. The summed E-state index contributed by atoms with van der Waals surface area (Å²) in [5.74, 6) is 0.287. The van der Waals surface area contributed by atoms with Gasteiger partial charge in [-0.3, -0.25) is 0 Å². The van der Waals surface area contributed by atoms with Crippen LogP contribution in [0.2, 0.25) is 5.02 Å². The lowest BCUT2D eigenvalue weighted by atomic mass is 9.81. The zero-order chi connectivity index (χ0) is 14.2. The van der Waals surface area contributed by atoms with Crippen LogP contribution in [0.25, 0.3) is 0 Å². The predicted molar refractivity (Wildman–Crippen MR) is 75.8 cm³/mol. The first-order chi connectivity index (χ1) is 8.91. The van der Waals surface area contributed by atoms with E-state index in [0.717, 1.165) is 5.56 Å². The molecule has 5 atom stereocenters. The number of hydrogen-bond donors (Lipinski definition) is 1. The topological polar surface area (TPSA) is 35.2 Å². The summed E-state index contributed by atoms with van der Waals surface area (Å²) >= 11 is 5.98. The Morgan fingerprint density at radius 2 is 2.00 bits per heavy atom. The molecular weight excluding hydrogens is 265 g/mol. The minimum atomic E-state index is -0.386. The maximum atomic E-state index is 13.4. The highest BCUT2D eigenvalue weighted by molar-refractivity contribution is 6.31. The summed E-state index contributed by atoms with van der Waals surface area (Å²) in [6, 6.07) is 4.79. The number of nitrogens with two attached hydrogens (primary N) is 1. The maximum absolute atomic E-state index is 13.4. The Morgan fingerprint density at radius 1 is 1.32 bits per heavy atom. The smallest absolute Gasteiger partial charge is 0.142 e. The monoisotopic (exact) mass is 285 g/mol. The van der Waals surface area contributed by atoms with Crippen LogP contribution in [0.15, 0.2) is 18.2 Å². The average Bonchev–Trinajstić information content (AvgIpc) is 2.59. The van der Waals surface area contributed by atoms with Crippen molar-refractivity contribution in [3.8, 4) is 0 Å². The first-order valence-corrected chi connectivity index (χ1v) is 7.13. The molecule has 2 nitrogen and oxygen atoms in total. The van der Waals surface area contributed by atoms with Gasteiger partial charge in [0.2, 0.25) is 0 Å². The van der Waals surface area contributed by atoms with E-state index >= 15 is 0 Å². The van der Waals surface area contributed by atoms with Crippen molar-refractivity contribution in [1.29, 1.82) is 0 Å². The molecule has 0 aliphatic carbocycles. The third-order valence-corrected chi connectivity index (χ3v) is 4.72. The van der Waals surface area contributed by atoms with Crippen molar-refractivity contribution < 1.29 is 9.13 Å². The van der Waals surface area contributed by atoms with Crippen LogP contribution in [0.5, 0.6) is 0 Å². The SMILES string of the molecule is CC1OC(C)C(C(N)Cc2cccc(F)c2Cl)C1C. The lowest BCUT2D eigenvalue weighted by molar-refractivity contribution is 0.0490. The molecule has 106 valence electrons. The number of hydrogen-bond acceptors (Lipinski definition) is 2. The van der Waals surface area contributed by atoms with Gasteiger partial charge in [0.25, 0.3) is 0 Å². The van der Waals surface area contributed by atoms with Gasteiger partial charge in [0.15, 0.2) is 0 Å². The van der Waals surface area contributed by atoms with Crippen LogP contribution in [0.3, 0.4) is 0 Å². The zero-order valence-corrected chi connectivity index (χ0v) is 12.3. The van der Waals surface area contributed by atoms with Crippen molar-refractivity contribution >= 4 is 11.6 Å². The van der Waals surface area contributed by atoms with E-state index in [1.807, 2.05) is 6.07 Å². The molecule has 0 spiro atoms. The molecule has 1 aromatic rings. The molecule has 0 amide bonds. The largest absolute Gasteiger partial charge is 0.375 e. The molecule has 0 radical (unpaired) electrons. The van der Waals surface area contributed by atoms with E-state index in [9.17, 15) is 4.39 Å². The molecule has 2 rings (SSSR count). The summed E-state index contributed by atoms with van der Waals surface area (Å²) in [4.78, 5) is 0. The van der Waals surface area contributed by atoms with Crippen molar-refractivity contribution in [2.24, 2.45) is 17.6 Å². The summed E-state index contributed by atoms with van der Waals surface area (Å²) < 4.78 is 19.2. The van der Waals surface area contributed by atoms with Crippen LogP contribution < -0.4 is 5.73 Å². The number of ether oxygens (including phenoxy) is 1. The molecule has 19 heavy (non-hydrogen) atoms. The van der Waals surface area contributed by atoms with E-state index in [-0.39, 0.29) is 35.0 Å². The molecule has 5 unspecified atom stereocenters. The van der Waals surface area contributed by atoms with Crippen molar-refractivity contribution in [3.63, 3.8) is 0 Å². The lowest BCUT2D eigenvalue weighted by Gasteiger charge is -2.26. The molecule has 1 aromatic carbocycles. The summed E-state index contributed by atoms with van der Waals surface area (Å²) in [6.07, 6.45) is 0.924. The highest BCUT2D eigenvalue weighted by Gasteiger charge is 2.40. The van der Waals surface area contributed by atoms with E-state index in [0.29, 0.717) is 12.3 Å². The highest BCUT2D eigenvalue weighted by Crippen LogP contribution is 2.35. The van der Waals surface area contributed by atoms with Gasteiger partial charge in [0.05, 0.1) is 17.2 Å².